The maximum atomic E-state index is 13.2. The quantitative estimate of drug-likeness (QED) is 0.625. The summed E-state index contributed by atoms with van der Waals surface area (Å²) in [6.07, 6.45) is -5.17. The Kier molecular flexibility index (Phi) is 4.04. The van der Waals surface area contributed by atoms with Crippen molar-refractivity contribution in [3.05, 3.63) is 23.1 Å². The predicted octanol–water partition coefficient (Wildman–Crippen LogP) is 2.38. The van der Waals surface area contributed by atoms with Gasteiger partial charge in [0.15, 0.2) is 5.82 Å². The molecular weight excluding hydrogens is 265 g/mol. The van der Waals surface area contributed by atoms with Gasteiger partial charge in [0, 0.05) is 0 Å². The molecular formula is C9H6F5NO3. The molecule has 0 fully saturated rings. The Morgan fingerprint density at radius 3 is 2.50 bits per heavy atom. The average molecular weight is 271 g/mol. The lowest BCUT2D eigenvalue weighted by Crippen LogP contribution is -2.20. The van der Waals surface area contributed by atoms with Crippen LogP contribution >= 0.6 is 0 Å². The van der Waals surface area contributed by atoms with E-state index in [4.69, 9.17) is 0 Å². The molecule has 0 spiro atoms. The maximum absolute atomic E-state index is 13.2. The topological polar surface area (TPSA) is 48.4 Å². The van der Waals surface area contributed by atoms with Gasteiger partial charge in [-0.3, -0.25) is 0 Å². The second kappa shape index (κ2) is 5.15. The summed E-state index contributed by atoms with van der Waals surface area (Å²) >= 11 is 0. The first-order valence-electron chi connectivity index (χ1n) is 4.38. The number of carbonyl (C=O) groups excluding carboxylic acids is 1. The van der Waals surface area contributed by atoms with Crippen LogP contribution in [-0.2, 0) is 11.4 Å². The van der Waals surface area contributed by atoms with Crippen LogP contribution < -0.4 is 4.74 Å². The molecule has 9 heteroatoms. The number of alkyl halides is 4. The number of methoxy groups -OCH3 is 1. The van der Waals surface area contributed by atoms with E-state index in [9.17, 15) is 26.7 Å². The van der Waals surface area contributed by atoms with Crippen LogP contribution in [0.1, 0.15) is 16.1 Å². The van der Waals surface area contributed by atoms with E-state index in [1.54, 1.807) is 0 Å². The summed E-state index contributed by atoms with van der Waals surface area (Å²) in [5, 5.41) is 0. The van der Waals surface area contributed by atoms with Crippen molar-refractivity contribution in [3.8, 4) is 5.88 Å². The fraction of sp³-hybridized carbons (Fsp3) is 0.333. The van der Waals surface area contributed by atoms with Gasteiger partial charge < -0.3 is 9.47 Å². The third-order valence-electron chi connectivity index (χ3n) is 1.77. The minimum absolute atomic E-state index is 0.370. The van der Waals surface area contributed by atoms with Crippen LogP contribution in [0.4, 0.5) is 22.0 Å². The molecule has 1 heterocycles. The SMILES string of the molecule is COC(=O)c1cc(F)c(OC(F)(F)F)nc1CF. The average Bonchev–Trinajstić information content (AvgIpc) is 2.28. The highest BCUT2D eigenvalue weighted by atomic mass is 19.4. The van der Waals surface area contributed by atoms with Gasteiger partial charge >= 0.3 is 12.3 Å². The first kappa shape index (κ1) is 14.1. The summed E-state index contributed by atoms with van der Waals surface area (Å²) in [7, 11) is 0.947. The molecule has 0 aliphatic carbocycles. The molecule has 1 aromatic rings. The van der Waals surface area contributed by atoms with E-state index in [0.717, 1.165) is 7.11 Å². The van der Waals surface area contributed by atoms with Crippen molar-refractivity contribution < 1.29 is 36.2 Å². The van der Waals surface area contributed by atoms with E-state index in [-0.39, 0.29) is 0 Å². The maximum Gasteiger partial charge on any atom is 0.574 e. The molecule has 0 bridgehead atoms. The molecule has 0 radical (unpaired) electrons. The van der Waals surface area contributed by atoms with Gasteiger partial charge in [-0.05, 0) is 6.07 Å². The lowest BCUT2D eigenvalue weighted by Gasteiger charge is -2.11. The van der Waals surface area contributed by atoms with Gasteiger partial charge in [-0.2, -0.15) is 0 Å². The number of carbonyl (C=O) groups is 1. The molecule has 0 N–H and O–H groups in total. The van der Waals surface area contributed by atoms with E-state index in [2.05, 4.69) is 14.5 Å². The van der Waals surface area contributed by atoms with Gasteiger partial charge in [0.25, 0.3) is 5.88 Å². The Balaban J connectivity index is 3.22. The highest BCUT2D eigenvalue weighted by Gasteiger charge is 2.34. The Morgan fingerprint density at radius 1 is 1.44 bits per heavy atom. The number of halogens is 5. The van der Waals surface area contributed by atoms with Crippen molar-refractivity contribution >= 4 is 5.97 Å². The van der Waals surface area contributed by atoms with E-state index >= 15 is 0 Å². The third kappa shape index (κ3) is 3.28. The van der Waals surface area contributed by atoms with E-state index in [1.807, 2.05) is 0 Å². The van der Waals surface area contributed by atoms with Gasteiger partial charge in [-0.1, -0.05) is 0 Å². The normalized spacial score (nSPS) is 11.2. The van der Waals surface area contributed by atoms with Crippen molar-refractivity contribution in [2.24, 2.45) is 0 Å². The van der Waals surface area contributed by atoms with Crippen LogP contribution in [0, 0.1) is 5.82 Å². The van der Waals surface area contributed by atoms with E-state index in [1.165, 1.54) is 0 Å². The summed E-state index contributed by atoms with van der Waals surface area (Å²) in [4.78, 5) is 14.0. The van der Waals surface area contributed by atoms with Crippen LogP contribution in [0.25, 0.3) is 0 Å². The van der Waals surface area contributed by atoms with Gasteiger partial charge in [0.05, 0.1) is 18.4 Å². The summed E-state index contributed by atoms with van der Waals surface area (Å²) in [6.45, 7) is -1.38. The van der Waals surface area contributed by atoms with Crippen LogP contribution in [0.3, 0.4) is 0 Å². The molecule has 0 unspecified atom stereocenters. The standard InChI is InChI=1S/C9H6F5NO3/c1-17-8(16)4-2-5(11)7(15-6(4)3-10)18-9(12,13)14/h2H,3H2,1H3. The molecule has 0 amide bonds. The van der Waals surface area contributed by atoms with Crippen molar-refractivity contribution in [2.75, 3.05) is 7.11 Å². The molecule has 0 saturated carbocycles. The highest BCUT2D eigenvalue weighted by molar-refractivity contribution is 5.90. The molecule has 18 heavy (non-hydrogen) atoms. The number of pyridine rings is 1. The number of hydrogen-bond donors (Lipinski definition) is 0. The van der Waals surface area contributed by atoms with Crippen molar-refractivity contribution in [2.45, 2.75) is 13.0 Å². The van der Waals surface area contributed by atoms with Crippen molar-refractivity contribution in [1.82, 2.24) is 4.98 Å². The fourth-order valence-electron chi connectivity index (χ4n) is 1.08. The van der Waals surface area contributed by atoms with E-state index < -0.39 is 42.0 Å². The number of esters is 1. The molecule has 1 rings (SSSR count). The smallest absolute Gasteiger partial charge is 0.465 e. The first-order valence-corrected chi connectivity index (χ1v) is 4.38. The Bertz CT molecular complexity index is 460. The Labute approximate surface area is 97.3 Å². The van der Waals surface area contributed by atoms with Gasteiger partial charge in [-0.25, -0.2) is 18.6 Å². The number of hydrogen-bond acceptors (Lipinski definition) is 4. The largest absolute Gasteiger partial charge is 0.574 e. The van der Waals surface area contributed by atoms with E-state index in [0.29, 0.717) is 6.07 Å². The number of aromatic nitrogens is 1. The first-order chi connectivity index (χ1) is 8.28. The van der Waals surface area contributed by atoms with Gasteiger partial charge in [0.1, 0.15) is 6.67 Å². The monoisotopic (exact) mass is 271 g/mol. The van der Waals surface area contributed by atoms with Crippen LogP contribution in [0.5, 0.6) is 5.88 Å². The Morgan fingerprint density at radius 2 is 2.06 bits per heavy atom. The minimum Gasteiger partial charge on any atom is -0.465 e. The molecule has 100 valence electrons. The second-order valence-electron chi connectivity index (χ2n) is 2.94. The number of ether oxygens (including phenoxy) is 2. The number of nitrogens with zero attached hydrogens (tertiary/aromatic N) is 1. The molecule has 1 aromatic heterocycles. The molecule has 4 nitrogen and oxygen atoms in total. The van der Waals surface area contributed by atoms with Crippen LogP contribution in [0.2, 0.25) is 0 Å². The van der Waals surface area contributed by atoms with Crippen LogP contribution in [0.15, 0.2) is 6.07 Å². The van der Waals surface area contributed by atoms with Crippen LogP contribution in [-0.4, -0.2) is 24.4 Å². The number of rotatable bonds is 3. The lowest BCUT2D eigenvalue weighted by atomic mass is 10.2. The summed E-state index contributed by atoms with van der Waals surface area (Å²) in [5.41, 5.74) is -1.31. The zero-order valence-corrected chi connectivity index (χ0v) is 8.85. The minimum atomic E-state index is -5.17. The zero-order chi connectivity index (χ0) is 13.9. The molecule has 0 atom stereocenters. The van der Waals surface area contributed by atoms with Crippen molar-refractivity contribution in [1.29, 1.82) is 0 Å². The molecule has 0 aliphatic rings. The third-order valence-corrected chi connectivity index (χ3v) is 1.77. The molecule has 0 saturated heterocycles. The molecule has 0 aliphatic heterocycles. The van der Waals surface area contributed by atoms with Gasteiger partial charge in [-0.15, -0.1) is 13.2 Å². The molecule has 0 aromatic carbocycles. The summed E-state index contributed by atoms with van der Waals surface area (Å²) in [6, 6.07) is 0.370. The fourth-order valence-corrected chi connectivity index (χ4v) is 1.08. The summed E-state index contributed by atoms with van der Waals surface area (Å²) < 4.78 is 68.7. The van der Waals surface area contributed by atoms with Gasteiger partial charge in [0.2, 0.25) is 0 Å². The Hall–Kier alpha value is -1.93. The predicted molar refractivity (Wildman–Crippen MR) is 47.0 cm³/mol. The summed E-state index contributed by atoms with van der Waals surface area (Å²) in [5.74, 6) is -4.12. The zero-order valence-electron chi connectivity index (χ0n) is 8.85. The van der Waals surface area contributed by atoms with Crippen molar-refractivity contribution in [3.63, 3.8) is 0 Å². The second-order valence-corrected chi connectivity index (χ2v) is 2.94. The highest BCUT2D eigenvalue weighted by Crippen LogP contribution is 2.26. The lowest BCUT2D eigenvalue weighted by molar-refractivity contribution is -0.277.